The van der Waals surface area contributed by atoms with Crippen LogP contribution in [0.4, 0.5) is 11.4 Å². The topological polar surface area (TPSA) is 90.4 Å². The highest BCUT2D eigenvalue weighted by molar-refractivity contribution is 5.65. The van der Waals surface area contributed by atoms with Gasteiger partial charge in [-0.05, 0) is 18.9 Å². The number of ether oxygens (including phenoxy) is 1. The van der Waals surface area contributed by atoms with E-state index in [0.29, 0.717) is 18.0 Å². The Bertz CT molecular complexity index is 462. The summed E-state index contributed by atoms with van der Waals surface area (Å²) < 4.78 is 5.10. The van der Waals surface area contributed by atoms with E-state index >= 15 is 0 Å². The standard InChI is InChI=1S/C13H21N3O3/c1-9(2)13(3,8-14)15-11-7-10(19-4)5-6-12(11)16(17)18/h5-7,9,15H,8,14H2,1-4H3. The first-order valence-corrected chi connectivity index (χ1v) is 6.14. The van der Waals surface area contributed by atoms with E-state index in [1.54, 1.807) is 12.1 Å². The zero-order valence-electron chi connectivity index (χ0n) is 11.8. The third kappa shape index (κ3) is 3.35. The smallest absolute Gasteiger partial charge is 0.292 e. The van der Waals surface area contributed by atoms with E-state index in [0.717, 1.165) is 0 Å². The molecule has 0 saturated carbocycles. The summed E-state index contributed by atoms with van der Waals surface area (Å²) in [5.74, 6) is 0.791. The number of nitrogens with zero attached hydrogens (tertiary/aromatic N) is 1. The molecule has 1 rings (SSSR count). The van der Waals surface area contributed by atoms with Gasteiger partial charge in [0.25, 0.3) is 5.69 Å². The molecular weight excluding hydrogens is 246 g/mol. The number of anilines is 1. The van der Waals surface area contributed by atoms with E-state index in [1.807, 2.05) is 20.8 Å². The Balaban J connectivity index is 3.20. The van der Waals surface area contributed by atoms with Crippen molar-refractivity contribution >= 4 is 11.4 Å². The minimum absolute atomic E-state index is 0.0149. The lowest BCUT2D eigenvalue weighted by atomic mass is 9.88. The molecule has 1 aromatic rings. The van der Waals surface area contributed by atoms with Crippen molar-refractivity contribution in [2.75, 3.05) is 19.0 Å². The third-order valence-corrected chi connectivity index (χ3v) is 3.52. The molecule has 0 bridgehead atoms. The second-order valence-electron chi connectivity index (χ2n) is 5.04. The minimum Gasteiger partial charge on any atom is -0.497 e. The molecule has 6 nitrogen and oxygen atoms in total. The number of methoxy groups -OCH3 is 1. The molecule has 1 aromatic carbocycles. The number of hydrogen-bond donors (Lipinski definition) is 2. The van der Waals surface area contributed by atoms with Crippen LogP contribution < -0.4 is 15.8 Å². The van der Waals surface area contributed by atoms with Gasteiger partial charge in [0.15, 0.2) is 0 Å². The molecule has 1 unspecified atom stereocenters. The number of rotatable bonds is 6. The fourth-order valence-corrected chi connectivity index (χ4v) is 1.64. The van der Waals surface area contributed by atoms with Gasteiger partial charge < -0.3 is 15.8 Å². The number of nitro benzene ring substituents is 1. The van der Waals surface area contributed by atoms with Crippen LogP contribution in [0.2, 0.25) is 0 Å². The van der Waals surface area contributed by atoms with Crippen LogP contribution in [0.15, 0.2) is 18.2 Å². The SMILES string of the molecule is COc1ccc([N+](=O)[O-])c(NC(C)(CN)C(C)C)c1. The van der Waals surface area contributed by atoms with Gasteiger partial charge in [-0.15, -0.1) is 0 Å². The summed E-state index contributed by atoms with van der Waals surface area (Å²) in [5, 5.41) is 14.2. The van der Waals surface area contributed by atoms with Gasteiger partial charge in [0, 0.05) is 24.2 Å². The lowest BCUT2D eigenvalue weighted by molar-refractivity contribution is -0.384. The maximum atomic E-state index is 11.1. The highest BCUT2D eigenvalue weighted by atomic mass is 16.6. The summed E-state index contributed by atoms with van der Waals surface area (Å²) in [6.07, 6.45) is 0. The zero-order valence-corrected chi connectivity index (χ0v) is 11.8. The molecule has 3 N–H and O–H groups in total. The van der Waals surface area contributed by atoms with E-state index in [-0.39, 0.29) is 11.6 Å². The minimum atomic E-state index is -0.420. The van der Waals surface area contributed by atoms with E-state index in [1.165, 1.54) is 13.2 Å². The van der Waals surface area contributed by atoms with Crippen molar-refractivity contribution in [1.82, 2.24) is 0 Å². The molecule has 19 heavy (non-hydrogen) atoms. The second kappa shape index (κ2) is 5.88. The van der Waals surface area contributed by atoms with Gasteiger partial charge in [-0.2, -0.15) is 0 Å². The van der Waals surface area contributed by atoms with Gasteiger partial charge in [0.1, 0.15) is 11.4 Å². The van der Waals surface area contributed by atoms with Crippen LogP contribution in [-0.2, 0) is 0 Å². The van der Waals surface area contributed by atoms with Crippen LogP contribution in [0.1, 0.15) is 20.8 Å². The van der Waals surface area contributed by atoms with E-state index in [9.17, 15) is 10.1 Å². The van der Waals surface area contributed by atoms with Crippen molar-refractivity contribution in [3.8, 4) is 5.75 Å². The summed E-state index contributed by atoms with van der Waals surface area (Å²) in [4.78, 5) is 10.6. The fourth-order valence-electron chi connectivity index (χ4n) is 1.64. The van der Waals surface area contributed by atoms with Gasteiger partial charge in [0.2, 0.25) is 0 Å². The Kier molecular flexibility index (Phi) is 4.72. The van der Waals surface area contributed by atoms with Crippen molar-refractivity contribution in [1.29, 1.82) is 0 Å². The number of nitrogens with one attached hydrogen (secondary N) is 1. The van der Waals surface area contributed by atoms with Crippen LogP contribution in [-0.4, -0.2) is 24.1 Å². The molecule has 0 heterocycles. The molecule has 0 aliphatic carbocycles. The van der Waals surface area contributed by atoms with Crippen LogP contribution >= 0.6 is 0 Å². The molecule has 0 aliphatic rings. The summed E-state index contributed by atoms with van der Waals surface area (Å²) in [7, 11) is 1.52. The quantitative estimate of drug-likeness (QED) is 0.610. The molecule has 0 amide bonds. The second-order valence-corrected chi connectivity index (χ2v) is 5.04. The Morgan fingerprint density at radius 1 is 1.53 bits per heavy atom. The van der Waals surface area contributed by atoms with Crippen molar-refractivity contribution in [3.63, 3.8) is 0 Å². The lowest BCUT2D eigenvalue weighted by Gasteiger charge is -2.34. The third-order valence-electron chi connectivity index (χ3n) is 3.52. The average molecular weight is 267 g/mol. The number of hydrogen-bond acceptors (Lipinski definition) is 5. The van der Waals surface area contributed by atoms with Gasteiger partial charge in [-0.1, -0.05) is 13.8 Å². The largest absolute Gasteiger partial charge is 0.497 e. The van der Waals surface area contributed by atoms with Gasteiger partial charge >= 0.3 is 0 Å². The predicted molar refractivity (Wildman–Crippen MR) is 75.6 cm³/mol. The molecular formula is C13H21N3O3. The van der Waals surface area contributed by atoms with Gasteiger partial charge in [0.05, 0.1) is 12.0 Å². The van der Waals surface area contributed by atoms with Gasteiger partial charge in [-0.25, -0.2) is 0 Å². The van der Waals surface area contributed by atoms with Crippen molar-refractivity contribution < 1.29 is 9.66 Å². The van der Waals surface area contributed by atoms with E-state index in [4.69, 9.17) is 10.5 Å². The first kappa shape index (κ1) is 15.2. The maximum absolute atomic E-state index is 11.1. The van der Waals surface area contributed by atoms with Gasteiger partial charge in [-0.3, -0.25) is 10.1 Å². The lowest BCUT2D eigenvalue weighted by Crippen LogP contribution is -2.47. The molecule has 0 aliphatic heterocycles. The van der Waals surface area contributed by atoms with Crippen molar-refractivity contribution in [2.45, 2.75) is 26.3 Å². The molecule has 0 spiro atoms. The summed E-state index contributed by atoms with van der Waals surface area (Å²) in [6, 6.07) is 4.62. The number of nitrogens with two attached hydrogens (primary N) is 1. The highest BCUT2D eigenvalue weighted by Crippen LogP contribution is 2.32. The summed E-state index contributed by atoms with van der Waals surface area (Å²) in [5.41, 5.74) is 5.81. The van der Waals surface area contributed by atoms with Crippen LogP contribution in [0.5, 0.6) is 5.75 Å². The Morgan fingerprint density at radius 2 is 2.16 bits per heavy atom. The van der Waals surface area contributed by atoms with E-state index < -0.39 is 10.5 Å². The van der Waals surface area contributed by atoms with Crippen LogP contribution in [0, 0.1) is 16.0 Å². The first-order valence-electron chi connectivity index (χ1n) is 6.14. The van der Waals surface area contributed by atoms with Crippen molar-refractivity contribution in [3.05, 3.63) is 28.3 Å². The molecule has 0 aromatic heterocycles. The molecule has 1 atom stereocenters. The fraction of sp³-hybridized carbons (Fsp3) is 0.538. The molecule has 6 heteroatoms. The average Bonchev–Trinajstić information content (AvgIpc) is 2.37. The van der Waals surface area contributed by atoms with Crippen LogP contribution in [0.25, 0.3) is 0 Å². The molecule has 0 radical (unpaired) electrons. The predicted octanol–water partition coefficient (Wildman–Crippen LogP) is 2.39. The van der Waals surface area contributed by atoms with Crippen LogP contribution in [0.3, 0.4) is 0 Å². The monoisotopic (exact) mass is 267 g/mol. The van der Waals surface area contributed by atoms with E-state index in [2.05, 4.69) is 5.32 Å². The normalized spacial score (nSPS) is 14.0. The molecule has 106 valence electrons. The van der Waals surface area contributed by atoms with Crippen molar-refractivity contribution in [2.24, 2.45) is 11.7 Å². The summed E-state index contributed by atoms with van der Waals surface area (Å²) in [6.45, 7) is 6.36. The maximum Gasteiger partial charge on any atom is 0.292 e. The first-order chi connectivity index (χ1) is 8.84. The molecule has 0 fully saturated rings. The number of nitro groups is 1. The Hall–Kier alpha value is -1.82. The Morgan fingerprint density at radius 3 is 2.58 bits per heavy atom. The number of benzene rings is 1. The molecule has 0 saturated heterocycles. The summed E-state index contributed by atoms with van der Waals surface area (Å²) >= 11 is 0. The zero-order chi connectivity index (χ0) is 14.6. The Labute approximate surface area is 113 Å². The highest BCUT2D eigenvalue weighted by Gasteiger charge is 2.29.